The Morgan fingerprint density at radius 2 is 1.80 bits per heavy atom. The number of aliphatic hydroxyl groups excluding tert-OH is 1. The molecule has 0 fully saturated rings. The normalized spacial score (nSPS) is 12.2. The van der Waals surface area contributed by atoms with Gasteiger partial charge in [0.1, 0.15) is 12.4 Å². The summed E-state index contributed by atoms with van der Waals surface area (Å²) in [6.07, 6.45) is -0.525. The van der Waals surface area contributed by atoms with E-state index in [4.69, 9.17) is 4.74 Å². The van der Waals surface area contributed by atoms with Gasteiger partial charge in [0.25, 0.3) is 0 Å². The van der Waals surface area contributed by atoms with E-state index >= 15 is 0 Å². The van der Waals surface area contributed by atoms with Crippen LogP contribution in [0, 0.1) is 20.8 Å². The molecule has 0 bridgehead atoms. The van der Waals surface area contributed by atoms with E-state index in [-0.39, 0.29) is 0 Å². The lowest BCUT2D eigenvalue weighted by molar-refractivity contribution is 0.189. The van der Waals surface area contributed by atoms with Crippen molar-refractivity contribution in [2.45, 2.75) is 40.4 Å². The summed E-state index contributed by atoms with van der Waals surface area (Å²) < 4.78 is 5.99. The molecule has 0 saturated carbocycles. The minimum atomic E-state index is -0.525. The molecule has 0 radical (unpaired) electrons. The number of ether oxygens (including phenoxy) is 1. The first-order valence-corrected chi connectivity index (χ1v) is 6.95. The van der Waals surface area contributed by atoms with Gasteiger partial charge in [-0.3, -0.25) is 0 Å². The van der Waals surface area contributed by atoms with Gasteiger partial charge in [-0.25, -0.2) is 0 Å². The van der Waals surface area contributed by atoms with Crippen molar-refractivity contribution < 1.29 is 9.84 Å². The molecule has 0 aliphatic carbocycles. The van der Waals surface area contributed by atoms with Crippen LogP contribution in [0.5, 0.6) is 5.75 Å². The number of hydrogen-bond acceptors (Lipinski definition) is 2. The Bertz CT molecular complexity index is 600. The summed E-state index contributed by atoms with van der Waals surface area (Å²) in [6, 6.07) is 12.2. The molecule has 20 heavy (non-hydrogen) atoms. The van der Waals surface area contributed by atoms with E-state index in [0.29, 0.717) is 6.61 Å². The molecule has 106 valence electrons. The largest absolute Gasteiger partial charge is 0.488 e. The number of para-hydroxylation sites is 1. The van der Waals surface area contributed by atoms with Gasteiger partial charge < -0.3 is 9.84 Å². The van der Waals surface area contributed by atoms with Gasteiger partial charge in [-0.2, -0.15) is 0 Å². The quantitative estimate of drug-likeness (QED) is 0.900. The summed E-state index contributed by atoms with van der Waals surface area (Å²) in [5.41, 5.74) is 5.53. The molecule has 1 atom stereocenters. The summed E-state index contributed by atoms with van der Waals surface area (Å²) in [6.45, 7) is 8.46. The third-order valence-electron chi connectivity index (χ3n) is 3.57. The van der Waals surface area contributed by atoms with Gasteiger partial charge >= 0.3 is 0 Å². The summed E-state index contributed by atoms with van der Waals surface area (Å²) >= 11 is 0. The molecular weight excluding hydrogens is 248 g/mol. The van der Waals surface area contributed by atoms with Crippen molar-refractivity contribution in [2.75, 3.05) is 0 Å². The third-order valence-corrected chi connectivity index (χ3v) is 3.57. The van der Waals surface area contributed by atoms with E-state index in [1.54, 1.807) is 6.92 Å². The highest BCUT2D eigenvalue weighted by atomic mass is 16.5. The molecule has 2 heteroatoms. The second-order valence-corrected chi connectivity index (χ2v) is 5.39. The highest BCUT2D eigenvalue weighted by Crippen LogP contribution is 2.29. The summed E-state index contributed by atoms with van der Waals surface area (Å²) in [5, 5.41) is 9.84. The first-order chi connectivity index (χ1) is 9.49. The molecule has 2 nitrogen and oxygen atoms in total. The second kappa shape index (κ2) is 6.10. The van der Waals surface area contributed by atoms with Crippen LogP contribution in [0.3, 0.4) is 0 Å². The Kier molecular flexibility index (Phi) is 4.46. The van der Waals surface area contributed by atoms with E-state index < -0.39 is 6.10 Å². The molecule has 0 aromatic heterocycles. The van der Waals surface area contributed by atoms with Gasteiger partial charge in [0.2, 0.25) is 0 Å². The predicted octanol–water partition coefficient (Wildman–Crippen LogP) is 4.24. The van der Waals surface area contributed by atoms with Crippen LogP contribution in [0.2, 0.25) is 0 Å². The van der Waals surface area contributed by atoms with Crippen LogP contribution in [0.15, 0.2) is 36.4 Å². The van der Waals surface area contributed by atoms with Gasteiger partial charge in [0, 0.05) is 5.56 Å². The Balaban J connectivity index is 2.25. The number of rotatable bonds is 4. The molecule has 0 saturated heterocycles. The molecule has 2 aromatic rings. The number of hydrogen-bond donors (Lipinski definition) is 1. The van der Waals surface area contributed by atoms with Crippen LogP contribution in [0.1, 0.15) is 40.8 Å². The zero-order valence-electron chi connectivity index (χ0n) is 12.6. The molecule has 2 aromatic carbocycles. The SMILES string of the molecule is Cc1ccc(C)c(COc2c(C)cccc2C(C)O)c1. The Labute approximate surface area is 121 Å². The molecule has 2 rings (SSSR count). The van der Waals surface area contributed by atoms with Crippen molar-refractivity contribution in [3.63, 3.8) is 0 Å². The summed E-state index contributed by atoms with van der Waals surface area (Å²) in [4.78, 5) is 0. The zero-order chi connectivity index (χ0) is 14.7. The molecule has 0 aliphatic heterocycles. The van der Waals surface area contributed by atoms with Crippen molar-refractivity contribution in [1.82, 2.24) is 0 Å². The van der Waals surface area contributed by atoms with Crippen molar-refractivity contribution >= 4 is 0 Å². The van der Waals surface area contributed by atoms with E-state index in [2.05, 4.69) is 32.0 Å². The number of aryl methyl sites for hydroxylation is 3. The maximum Gasteiger partial charge on any atom is 0.128 e. The fraction of sp³-hybridized carbons (Fsp3) is 0.333. The Morgan fingerprint density at radius 1 is 1.05 bits per heavy atom. The average Bonchev–Trinajstić information content (AvgIpc) is 2.40. The van der Waals surface area contributed by atoms with E-state index in [1.165, 1.54) is 16.7 Å². The van der Waals surface area contributed by atoms with E-state index in [9.17, 15) is 5.11 Å². The summed E-state index contributed by atoms with van der Waals surface area (Å²) in [5.74, 6) is 0.795. The fourth-order valence-electron chi connectivity index (χ4n) is 2.31. The number of benzene rings is 2. The molecule has 0 aliphatic rings. The van der Waals surface area contributed by atoms with Gasteiger partial charge in [-0.15, -0.1) is 0 Å². The van der Waals surface area contributed by atoms with Crippen molar-refractivity contribution in [3.8, 4) is 5.75 Å². The molecular formula is C18H22O2. The first kappa shape index (κ1) is 14.6. The van der Waals surface area contributed by atoms with Crippen LogP contribution < -0.4 is 4.74 Å². The van der Waals surface area contributed by atoms with Crippen LogP contribution >= 0.6 is 0 Å². The van der Waals surface area contributed by atoms with Crippen molar-refractivity contribution in [1.29, 1.82) is 0 Å². The van der Waals surface area contributed by atoms with Crippen LogP contribution in [-0.2, 0) is 6.61 Å². The van der Waals surface area contributed by atoms with Gasteiger partial charge in [0.05, 0.1) is 6.10 Å². The van der Waals surface area contributed by atoms with E-state index in [1.807, 2.05) is 25.1 Å². The predicted molar refractivity (Wildman–Crippen MR) is 82.1 cm³/mol. The maximum atomic E-state index is 9.84. The minimum absolute atomic E-state index is 0.525. The lowest BCUT2D eigenvalue weighted by atomic mass is 10.0. The van der Waals surface area contributed by atoms with Crippen LogP contribution in [0.4, 0.5) is 0 Å². The molecule has 0 spiro atoms. The number of aliphatic hydroxyl groups is 1. The van der Waals surface area contributed by atoms with Gasteiger partial charge in [-0.1, -0.05) is 42.0 Å². The topological polar surface area (TPSA) is 29.5 Å². The molecule has 1 N–H and O–H groups in total. The van der Waals surface area contributed by atoms with Gasteiger partial charge in [-0.05, 0) is 44.4 Å². The molecule has 1 unspecified atom stereocenters. The second-order valence-electron chi connectivity index (χ2n) is 5.39. The Morgan fingerprint density at radius 3 is 2.50 bits per heavy atom. The minimum Gasteiger partial charge on any atom is -0.488 e. The zero-order valence-corrected chi connectivity index (χ0v) is 12.6. The fourth-order valence-corrected chi connectivity index (χ4v) is 2.31. The van der Waals surface area contributed by atoms with Crippen molar-refractivity contribution in [3.05, 3.63) is 64.2 Å². The maximum absolute atomic E-state index is 9.84. The average molecular weight is 270 g/mol. The standard InChI is InChI=1S/C18H22O2/c1-12-8-9-13(2)16(10-12)11-20-18-14(3)6-5-7-17(18)15(4)19/h5-10,15,19H,11H2,1-4H3. The highest BCUT2D eigenvalue weighted by molar-refractivity contribution is 5.42. The molecule has 0 amide bonds. The Hall–Kier alpha value is -1.80. The lowest BCUT2D eigenvalue weighted by Crippen LogP contribution is -2.04. The lowest BCUT2D eigenvalue weighted by Gasteiger charge is -2.17. The van der Waals surface area contributed by atoms with E-state index in [0.717, 1.165) is 16.9 Å². The first-order valence-electron chi connectivity index (χ1n) is 6.95. The van der Waals surface area contributed by atoms with Crippen LogP contribution in [0.25, 0.3) is 0 Å². The molecule has 0 heterocycles. The smallest absolute Gasteiger partial charge is 0.128 e. The monoisotopic (exact) mass is 270 g/mol. The highest BCUT2D eigenvalue weighted by Gasteiger charge is 2.12. The van der Waals surface area contributed by atoms with Crippen molar-refractivity contribution in [2.24, 2.45) is 0 Å². The van der Waals surface area contributed by atoms with Crippen LogP contribution in [-0.4, -0.2) is 5.11 Å². The third kappa shape index (κ3) is 3.20. The van der Waals surface area contributed by atoms with Gasteiger partial charge in [0.15, 0.2) is 0 Å². The summed E-state index contributed by atoms with van der Waals surface area (Å²) in [7, 11) is 0.